The molecule has 0 unspecified atom stereocenters. The highest BCUT2D eigenvalue weighted by Gasteiger charge is 2.24. The molecule has 1 aliphatic rings. The molecule has 0 amide bonds. The lowest BCUT2D eigenvalue weighted by Crippen LogP contribution is -2.25. The summed E-state index contributed by atoms with van der Waals surface area (Å²) in [7, 11) is 0. The van der Waals surface area contributed by atoms with Crippen LogP contribution in [0.2, 0.25) is 0 Å². The monoisotopic (exact) mass is 179 g/mol. The van der Waals surface area contributed by atoms with Gasteiger partial charge in [-0.1, -0.05) is 20.8 Å². The molecule has 0 saturated heterocycles. The number of nitrogens with one attached hydrogen (secondary N) is 2. The van der Waals surface area contributed by atoms with Crippen LogP contribution >= 0.6 is 0 Å². The molecule has 1 aromatic rings. The van der Waals surface area contributed by atoms with Gasteiger partial charge in [-0.05, 0) is 0 Å². The summed E-state index contributed by atoms with van der Waals surface area (Å²) in [5.74, 6) is 0. The third kappa shape index (κ3) is 1.48. The Bertz CT molecular complexity index is 306. The molecule has 0 aliphatic carbocycles. The number of aromatic amines is 1. The first-order chi connectivity index (χ1) is 6.09. The van der Waals surface area contributed by atoms with Gasteiger partial charge in [0.1, 0.15) is 0 Å². The van der Waals surface area contributed by atoms with Crippen molar-refractivity contribution in [1.82, 2.24) is 15.5 Å². The summed E-state index contributed by atoms with van der Waals surface area (Å²) < 4.78 is 0. The van der Waals surface area contributed by atoms with Crippen LogP contribution in [0.5, 0.6) is 0 Å². The van der Waals surface area contributed by atoms with Crippen LogP contribution in [-0.4, -0.2) is 16.7 Å². The molecule has 2 rings (SSSR count). The SMILES string of the molecule is CC(C)(C)c1[nH]nc2c1CNCC2. The van der Waals surface area contributed by atoms with E-state index in [-0.39, 0.29) is 5.41 Å². The molecule has 1 aromatic heterocycles. The molecule has 0 radical (unpaired) electrons. The zero-order valence-electron chi connectivity index (χ0n) is 8.57. The van der Waals surface area contributed by atoms with Gasteiger partial charge in [0.05, 0.1) is 5.69 Å². The summed E-state index contributed by atoms with van der Waals surface area (Å²) in [6.45, 7) is 8.68. The minimum absolute atomic E-state index is 0.180. The van der Waals surface area contributed by atoms with Crippen LogP contribution in [0.15, 0.2) is 0 Å². The van der Waals surface area contributed by atoms with E-state index in [1.54, 1.807) is 0 Å². The molecule has 72 valence electrons. The Morgan fingerprint density at radius 3 is 2.77 bits per heavy atom. The van der Waals surface area contributed by atoms with Crippen molar-refractivity contribution >= 4 is 0 Å². The summed E-state index contributed by atoms with van der Waals surface area (Å²) in [4.78, 5) is 0. The van der Waals surface area contributed by atoms with Crippen molar-refractivity contribution in [2.24, 2.45) is 0 Å². The van der Waals surface area contributed by atoms with Crippen molar-refractivity contribution in [3.05, 3.63) is 17.0 Å². The van der Waals surface area contributed by atoms with E-state index in [2.05, 4.69) is 36.3 Å². The van der Waals surface area contributed by atoms with Gasteiger partial charge in [-0.3, -0.25) is 5.10 Å². The molecule has 0 aromatic carbocycles. The van der Waals surface area contributed by atoms with E-state index in [1.807, 2.05) is 0 Å². The normalized spacial score (nSPS) is 17.2. The summed E-state index contributed by atoms with van der Waals surface area (Å²) in [6, 6.07) is 0. The Morgan fingerprint density at radius 1 is 1.31 bits per heavy atom. The number of H-pyrrole nitrogens is 1. The van der Waals surface area contributed by atoms with Crippen molar-refractivity contribution < 1.29 is 0 Å². The van der Waals surface area contributed by atoms with E-state index < -0.39 is 0 Å². The van der Waals surface area contributed by atoms with Crippen LogP contribution in [0.1, 0.15) is 37.7 Å². The van der Waals surface area contributed by atoms with Crippen LogP contribution < -0.4 is 5.32 Å². The topological polar surface area (TPSA) is 40.7 Å². The van der Waals surface area contributed by atoms with Gasteiger partial charge in [-0.2, -0.15) is 5.10 Å². The van der Waals surface area contributed by atoms with Crippen LogP contribution in [0, 0.1) is 0 Å². The Morgan fingerprint density at radius 2 is 2.08 bits per heavy atom. The maximum Gasteiger partial charge on any atom is 0.0682 e. The highest BCUT2D eigenvalue weighted by molar-refractivity contribution is 5.31. The largest absolute Gasteiger partial charge is 0.312 e. The number of hydrogen-bond acceptors (Lipinski definition) is 2. The standard InChI is InChI=1S/C10H17N3/c1-10(2,3)9-7-6-11-5-4-8(7)12-13-9/h11H,4-6H2,1-3H3,(H,12,13). The predicted molar refractivity (Wildman–Crippen MR) is 52.7 cm³/mol. The lowest BCUT2D eigenvalue weighted by atomic mass is 9.88. The number of rotatable bonds is 0. The smallest absolute Gasteiger partial charge is 0.0682 e. The second-order valence-electron chi connectivity index (χ2n) is 4.70. The van der Waals surface area contributed by atoms with Gasteiger partial charge in [-0.15, -0.1) is 0 Å². The Labute approximate surface area is 78.9 Å². The molecule has 13 heavy (non-hydrogen) atoms. The third-order valence-electron chi connectivity index (χ3n) is 2.54. The summed E-state index contributed by atoms with van der Waals surface area (Å²) in [5.41, 5.74) is 4.11. The van der Waals surface area contributed by atoms with Crippen molar-refractivity contribution in [3.8, 4) is 0 Å². The van der Waals surface area contributed by atoms with Crippen LogP contribution in [0.3, 0.4) is 0 Å². The van der Waals surface area contributed by atoms with Gasteiger partial charge in [0.15, 0.2) is 0 Å². The minimum Gasteiger partial charge on any atom is -0.312 e. The maximum absolute atomic E-state index is 4.36. The second-order valence-corrected chi connectivity index (χ2v) is 4.70. The summed E-state index contributed by atoms with van der Waals surface area (Å²) >= 11 is 0. The molecule has 0 saturated carbocycles. The molecule has 2 heterocycles. The lowest BCUT2D eigenvalue weighted by molar-refractivity contribution is 0.550. The third-order valence-corrected chi connectivity index (χ3v) is 2.54. The first-order valence-electron chi connectivity index (χ1n) is 4.86. The van der Waals surface area contributed by atoms with Gasteiger partial charge in [0.25, 0.3) is 0 Å². The van der Waals surface area contributed by atoms with Gasteiger partial charge in [-0.25, -0.2) is 0 Å². The van der Waals surface area contributed by atoms with Crippen molar-refractivity contribution in [1.29, 1.82) is 0 Å². The fourth-order valence-corrected chi connectivity index (χ4v) is 1.84. The van der Waals surface area contributed by atoms with Gasteiger partial charge >= 0.3 is 0 Å². The fraction of sp³-hybridized carbons (Fsp3) is 0.700. The first kappa shape index (κ1) is 8.75. The second kappa shape index (κ2) is 2.84. The Hall–Kier alpha value is -0.830. The van der Waals surface area contributed by atoms with Crippen molar-refractivity contribution in [2.75, 3.05) is 6.54 Å². The predicted octanol–water partition coefficient (Wildman–Crippen LogP) is 1.35. The molecule has 0 atom stereocenters. The van der Waals surface area contributed by atoms with E-state index >= 15 is 0 Å². The molecular weight excluding hydrogens is 162 g/mol. The van der Waals surface area contributed by atoms with Gasteiger partial charge < -0.3 is 5.32 Å². The van der Waals surface area contributed by atoms with E-state index in [1.165, 1.54) is 17.0 Å². The van der Waals surface area contributed by atoms with E-state index in [9.17, 15) is 0 Å². The molecular formula is C10H17N3. The fourth-order valence-electron chi connectivity index (χ4n) is 1.84. The number of aromatic nitrogens is 2. The average Bonchev–Trinajstić information content (AvgIpc) is 2.45. The van der Waals surface area contributed by atoms with E-state index in [0.29, 0.717) is 0 Å². The Balaban J connectivity index is 2.43. The van der Waals surface area contributed by atoms with Crippen LogP contribution in [-0.2, 0) is 18.4 Å². The molecule has 0 bridgehead atoms. The molecule has 0 spiro atoms. The molecule has 3 nitrogen and oxygen atoms in total. The zero-order chi connectivity index (χ0) is 9.47. The van der Waals surface area contributed by atoms with E-state index in [4.69, 9.17) is 0 Å². The zero-order valence-corrected chi connectivity index (χ0v) is 8.57. The van der Waals surface area contributed by atoms with E-state index in [0.717, 1.165) is 19.5 Å². The summed E-state index contributed by atoms with van der Waals surface area (Å²) in [6.07, 6.45) is 1.06. The van der Waals surface area contributed by atoms with Crippen LogP contribution in [0.25, 0.3) is 0 Å². The Kier molecular flexibility index (Phi) is 1.91. The lowest BCUT2D eigenvalue weighted by Gasteiger charge is -2.20. The number of nitrogens with zero attached hydrogens (tertiary/aromatic N) is 1. The molecule has 0 fully saturated rings. The average molecular weight is 179 g/mol. The van der Waals surface area contributed by atoms with Gasteiger partial charge in [0.2, 0.25) is 0 Å². The maximum atomic E-state index is 4.36. The number of fused-ring (bicyclic) bond motifs is 1. The van der Waals surface area contributed by atoms with Gasteiger partial charge in [0, 0.05) is 36.2 Å². The molecule has 1 aliphatic heterocycles. The first-order valence-corrected chi connectivity index (χ1v) is 4.86. The highest BCUT2D eigenvalue weighted by atomic mass is 15.1. The quantitative estimate of drug-likeness (QED) is 0.631. The molecule has 2 N–H and O–H groups in total. The van der Waals surface area contributed by atoms with Crippen molar-refractivity contribution in [3.63, 3.8) is 0 Å². The summed E-state index contributed by atoms with van der Waals surface area (Å²) in [5, 5.41) is 10.9. The van der Waals surface area contributed by atoms with Crippen molar-refractivity contribution in [2.45, 2.75) is 39.2 Å². The highest BCUT2D eigenvalue weighted by Crippen LogP contribution is 2.26. The number of hydrogen-bond donors (Lipinski definition) is 2. The minimum atomic E-state index is 0.180. The van der Waals surface area contributed by atoms with Crippen LogP contribution in [0.4, 0.5) is 0 Å². The molecule has 3 heteroatoms.